The number of para-hydroxylation sites is 2. The lowest BCUT2D eigenvalue weighted by atomic mass is 10.1. The summed E-state index contributed by atoms with van der Waals surface area (Å²) in [7, 11) is 0. The number of benzene rings is 2. The third-order valence-electron chi connectivity index (χ3n) is 10.5. The Morgan fingerprint density at radius 1 is 0.604 bits per heavy atom. The van der Waals surface area contributed by atoms with Crippen molar-refractivity contribution in [2.45, 2.75) is 71.6 Å². The van der Waals surface area contributed by atoms with E-state index in [9.17, 15) is 14.0 Å². The molecule has 12 heteroatoms. The first-order valence-corrected chi connectivity index (χ1v) is 18.8. The van der Waals surface area contributed by atoms with Crippen molar-refractivity contribution >= 4 is 39.7 Å². The summed E-state index contributed by atoms with van der Waals surface area (Å²) < 4.78 is 13.8. The summed E-state index contributed by atoms with van der Waals surface area (Å²) in [6.45, 7) is 7.01. The number of H-pyrrole nitrogens is 2. The molecule has 1 saturated heterocycles. The summed E-state index contributed by atoms with van der Waals surface area (Å²) in [6, 6.07) is 15.3. The number of halogens is 1. The number of aromatic nitrogens is 6. The summed E-state index contributed by atoms with van der Waals surface area (Å²) in [6.07, 6.45) is 11.5. The Morgan fingerprint density at radius 3 is 1.60 bits per heavy atom. The molecule has 1 aliphatic carbocycles. The van der Waals surface area contributed by atoms with Crippen molar-refractivity contribution < 1.29 is 14.0 Å². The molecule has 53 heavy (non-hydrogen) atoms. The Kier molecular flexibility index (Phi) is 9.59. The van der Waals surface area contributed by atoms with Gasteiger partial charge in [0.15, 0.2) is 5.82 Å². The van der Waals surface area contributed by atoms with E-state index in [-0.39, 0.29) is 17.5 Å². The number of aryl methyl sites for hydroxylation is 2. The van der Waals surface area contributed by atoms with E-state index in [1.165, 1.54) is 44.9 Å². The third kappa shape index (κ3) is 6.97. The molecule has 10 rings (SSSR count). The number of nitrogens with zero attached hydrogens (tertiary/aromatic N) is 5. The number of amides is 2. The van der Waals surface area contributed by atoms with Crippen LogP contribution in [0.4, 0.5) is 10.2 Å². The zero-order valence-corrected chi connectivity index (χ0v) is 30.2. The molecule has 0 spiro atoms. The van der Waals surface area contributed by atoms with Crippen LogP contribution in [0.2, 0.25) is 0 Å². The van der Waals surface area contributed by atoms with Gasteiger partial charge in [-0.2, -0.15) is 4.39 Å². The fourth-order valence-corrected chi connectivity index (χ4v) is 7.73. The SMILES string of the molecule is C1CCCC1.Cc1nc2cccc(-c3cc4c([nH]3)CCNC4=O)c2nc1F.Cc1nc2cccc(-c3cc4c([nH]3)CCNC4=O)c2nc1N1CCCC1. The molecule has 1 saturated carbocycles. The van der Waals surface area contributed by atoms with E-state index in [1.54, 1.807) is 19.1 Å². The molecule has 11 nitrogen and oxygen atoms in total. The second-order valence-corrected chi connectivity index (χ2v) is 14.2. The molecule has 272 valence electrons. The first-order valence-electron chi connectivity index (χ1n) is 18.8. The predicted octanol–water partition coefficient (Wildman–Crippen LogP) is 7.13. The van der Waals surface area contributed by atoms with Crippen molar-refractivity contribution in [3.8, 4) is 22.5 Å². The van der Waals surface area contributed by atoms with E-state index >= 15 is 0 Å². The molecule has 2 amide bonds. The van der Waals surface area contributed by atoms with Crippen LogP contribution in [0, 0.1) is 19.8 Å². The van der Waals surface area contributed by atoms with E-state index in [0.717, 1.165) is 87.9 Å². The molecule has 6 aromatic rings. The summed E-state index contributed by atoms with van der Waals surface area (Å²) in [5.41, 5.74) is 10.9. The zero-order valence-electron chi connectivity index (χ0n) is 30.2. The van der Waals surface area contributed by atoms with Gasteiger partial charge in [-0.25, -0.2) is 19.9 Å². The highest BCUT2D eigenvalue weighted by Gasteiger charge is 2.24. The van der Waals surface area contributed by atoms with Crippen molar-refractivity contribution in [1.82, 2.24) is 40.5 Å². The largest absolute Gasteiger partial charge is 0.358 e. The lowest BCUT2D eigenvalue weighted by Gasteiger charge is -2.19. The van der Waals surface area contributed by atoms with Crippen molar-refractivity contribution in [1.29, 1.82) is 0 Å². The van der Waals surface area contributed by atoms with Crippen LogP contribution in [0.3, 0.4) is 0 Å². The Bertz CT molecular complexity index is 2330. The smallest absolute Gasteiger partial charge is 0.253 e. The van der Waals surface area contributed by atoms with Crippen molar-refractivity contribution in [2.75, 3.05) is 31.1 Å². The summed E-state index contributed by atoms with van der Waals surface area (Å²) >= 11 is 0. The first-order chi connectivity index (χ1) is 25.8. The highest BCUT2D eigenvalue weighted by molar-refractivity contribution is 6.00. The monoisotopic (exact) mass is 713 g/mol. The second-order valence-electron chi connectivity index (χ2n) is 14.2. The number of hydrogen-bond acceptors (Lipinski definition) is 7. The van der Waals surface area contributed by atoms with E-state index in [4.69, 9.17) is 9.97 Å². The van der Waals surface area contributed by atoms with Crippen LogP contribution in [0.1, 0.15) is 88.4 Å². The Morgan fingerprint density at radius 2 is 1.09 bits per heavy atom. The third-order valence-corrected chi connectivity index (χ3v) is 10.5. The van der Waals surface area contributed by atoms with Crippen LogP contribution in [-0.2, 0) is 12.8 Å². The lowest BCUT2D eigenvalue weighted by Crippen LogP contribution is -2.31. The summed E-state index contributed by atoms with van der Waals surface area (Å²) in [5.74, 6) is 0.316. The van der Waals surface area contributed by atoms with Crippen molar-refractivity contribution in [3.63, 3.8) is 0 Å². The lowest BCUT2D eigenvalue weighted by molar-refractivity contribution is 0.0937. The number of fused-ring (bicyclic) bond motifs is 4. The number of aromatic amines is 2. The maximum atomic E-state index is 13.8. The standard InChI is InChI=1S/C20H21N5O.C16H13FN4O.C5H10/c1-12-19(25-9-2-3-10-25)24-18-13(5-4-6-16(18)22-12)17-11-14-15(23-17)7-8-21-20(14)26;1-8-15(17)21-14-9(3-2-4-12(14)19-8)13-7-10-11(20-13)5-6-18-16(10)22;1-2-4-5-3-1/h4-6,11,23H,2-3,7-10H2,1H3,(H,21,26);2-4,7,20H,5-6H2,1H3,(H,18,22);1-5H2. The highest BCUT2D eigenvalue weighted by atomic mass is 19.1. The molecule has 2 fully saturated rings. The minimum atomic E-state index is -0.575. The van der Waals surface area contributed by atoms with Gasteiger partial charge in [0.25, 0.3) is 11.8 Å². The van der Waals surface area contributed by atoms with Crippen molar-refractivity contribution in [3.05, 3.63) is 88.4 Å². The number of nitrogens with one attached hydrogen (secondary N) is 4. The van der Waals surface area contributed by atoms with Crippen LogP contribution in [0.25, 0.3) is 44.6 Å². The number of rotatable bonds is 3. The van der Waals surface area contributed by atoms with Crippen LogP contribution in [-0.4, -0.2) is 67.9 Å². The zero-order chi connectivity index (χ0) is 36.5. The molecule has 4 aromatic heterocycles. The average Bonchev–Trinajstić information content (AvgIpc) is 4.00. The molecule has 0 bridgehead atoms. The Labute approximate surface area is 307 Å². The van der Waals surface area contributed by atoms with Gasteiger partial charge in [-0.05, 0) is 51.0 Å². The van der Waals surface area contributed by atoms with Gasteiger partial charge < -0.3 is 25.5 Å². The van der Waals surface area contributed by atoms with Gasteiger partial charge in [0.2, 0.25) is 5.95 Å². The van der Waals surface area contributed by atoms with E-state index in [2.05, 4.69) is 41.5 Å². The molecular weight excluding hydrogens is 670 g/mol. The molecule has 4 N–H and O–H groups in total. The topological polar surface area (TPSA) is 145 Å². The fraction of sp³-hybridized carbons (Fsp3) is 0.366. The van der Waals surface area contributed by atoms with Crippen LogP contribution < -0.4 is 15.5 Å². The number of anilines is 1. The normalized spacial score (nSPS) is 16.3. The molecule has 4 aliphatic rings. The highest BCUT2D eigenvalue weighted by Crippen LogP contribution is 2.32. The van der Waals surface area contributed by atoms with Crippen LogP contribution >= 0.6 is 0 Å². The molecular formula is C41H44FN9O2. The van der Waals surface area contributed by atoms with Gasteiger partial charge in [0.1, 0.15) is 11.0 Å². The van der Waals surface area contributed by atoms with Gasteiger partial charge >= 0.3 is 0 Å². The van der Waals surface area contributed by atoms with Gasteiger partial charge in [-0.3, -0.25) is 9.59 Å². The van der Waals surface area contributed by atoms with Gasteiger partial charge in [0.05, 0.1) is 33.5 Å². The molecule has 3 aliphatic heterocycles. The van der Waals surface area contributed by atoms with Crippen LogP contribution in [0.5, 0.6) is 0 Å². The van der Waals surface area contributed by atoms with E-state index < -0.39 is 5.95 Å². The minimum absolute atomic E-state index is 0.00586. The predicted molar refractivity (Wildman–Crippen MR) is 205 cm³/mol. The van der Waals surface area contributed by atoms with Gasteiger partial charge in [0, 0.05) is 72.9 Å². The fourth-order valence-electron chi connectivity index (χ4n) is 7.73. The van der Waals surface area contributed by atoms with E-state index in [0.29, 0.717) is 29.7 Å². The van der Waals surface area contributed by atoms with Crippen molar-refractivity contribution in [2.24, 2.45) is 0 Å². The summed E-state index contributed by atoms with van der Waals surface area (Å²) in [5, 5.41) is 5.71. The van der Waals surface area contributed by atoms with Crippen LogP contribution in [0.15, 0.2) is 48.5 Å². The Hall–Kier alpha value is -5.65. The molecule has 0 radical (unpaired) electrons. The maximum absolute atomic E-state index is 13.8. The first kappa shape index (κ1) is 34.4. The van der Waals surface area contributed by atoms with E-state index in [1.807, 2.05) is 37.3 Å². The average molecular weight is 714 g/mol. The number of carbonyl (C=O) groups excluding carboxylic acids is 2. The van der Waals surface area contributed by atoms with Gasteiger partial charge in [-0.1, -0.05) is 56.4 Å². The number of carbonyl (C=O) groups is 2. The maximum Gasteiger partial charge on any atom is 0.253 e. The minimum Gasteiger partial charge on any atom is -0.358 e. The molecule has 0 unspecified atom stereocenters. The molecule has 7 heterocycles. The Balaban J connectivity index is 0.000000135. The summed E-state index contributed by atoms with van der Waals surface area (Å²) in [4.78, 5) is 51.1. The molecule has 0 atom stereocenters. The molecule has 2 aromatic carbocycles. The van der Waals surface area contributed by atoms with Gasteiger partial charge in [-0.15, -0.1) is 0 Å². The quantitative estimate of drug-likeness (QED) is 0.153. The second kappa shape index (κ2) is 14.8. The number of hydrogen-bond donors (Lipinski definition) is 4.